The predicted octanol–water partition coefficient (Wildman–Crippen LogP) is 0.676. The molecule has 0 fully saturated rings. The van der Waals surface area contributed by atoms with Gasteiger partial charge in [0, 0.05) is 30.3 Å². The lowest BCUT2D eigenvalue weighted by Gasteiger charge is -2.11. The monoisotopic (exact) mass is 245 g/mol. The Morgan fingerprint density at radius 3 is 2.94 bits per heavy atom. The fourth-order valence-corrected chi connectivity index (χ4v) is 1.66. The minimum absolute atomic E-state index is 0.435. The van der Waals surface area contributed by atoms with Crippen molar-refractivity contribution in [2.45, 2.75) is 6.54 Å². The van der Waals surface area contributed by atoms with Crippen LogP contribution in [-0.2, 0) is 6.54 Å². The molecule has 0 aliphatic rings. The number of hydrogen-bond donors (Lipinski definition) is 3. The Morgan fingerprint density at radius 1 is 1.44 bits per heavy atom. The van der Waals surface area contributed by atoms with Crippen LogP contribution in [-0.4, -0.2) is 22.2 Å². The van der Waals surface area contributed by atoms with E-state index in [1.807, 2.05) is 12.3 Å². The predicted molar refractivity (Wildman–Crippen MR) is 70.1 cm³/mol. The van der Waals surface area contributed by atoms with Gasteiger partial charge in [0.05, 0.1) is 12.1 Å². The molecular formula is C12H15N5O. The highest BCUT2D eigenvalue weighted by Crippen LogP contribution is 2.18. The van der Waals surface area contributed by atoms with Crippen molar-refractivity contribution in [2.75, 3.05) is 17.6 Å². The third kappa shape index (κ3) is 2.79. The van der Waals surface area contributed by atoms with Crippen LogP contribution >= 0.6 is 0 Å². The molecule has 5 N–H and O–H groups in total. The Morgan fingerprint density at radius 2 is 2.28 bits per heavy atom. The molecule has 0 saturated carbocycles. The lowest BCUT2D eigenvalue weighted by Crippen LogP contribution is -2.17. The van der Waals surface area contributed by atoms with Crippen LogP contribution in [0.15, 0.2) is 36.7 Å². The largest absolute Gasteiger partial charge is 0.399 e. The second-order valence-corrected chi connectivity index (χ2v) is 3.87. The van der Waals surface area contributed by atoms with E-state index in [0.717, 1.165) is 0 Å². The Balaban J connectivity index is 2.03. The number of carbonyl (C=O) groups excluding carboxylic acids is 1. The average Bonchev–Trinajstić information content (AvgIpc) is 2.82. The van der Waals surface area contributed by atoms with Gasteiger partial charge in [0.15, 0.2) is 0 Å². The number of hydrogen-bond acceptors (Lipinski definition) is 4. The van der Waals surface area contributed by atoms with E-state index in [2.05, 4.69) is 10.4 Å². The fraction of sp³-hybridized carbons (Fsp3) is 0.167. The van der Waals surface area contributed by atoms with Gasteiger partial charge in [-0.25, -0.2) is 0 Å². The zero-order chi connectivity index (χ0) is 13.0. The molecule has 0 aliphatic carbocycles. The van der Waals surface area contributed by atoms with Crippen molar-refractivity contribution in [2.24, 2.45) is 5.73 Å². The smallest absolute Gasteiger partial charge is 0.250 e. The number of nitrogens with zero attached hydrogens (tertiary/aromatic N) is 2. The van der Waals surface area contributed by atoms with Crippen molar-refractivity contribution < 1.29 is 4.79 Å². The summed E-state index contributed by atoms with van der Waals surface area (Å²) in [6.45, 7) is 1.32. The van der Waals surface area contributed by atoms with E-state index in [0.29, 0.717) is 30.0 Å². The van der Waals surface area contributed by atoms with E-state index in [9.17, 15) is 4.79 Å². The molecule has 18 heavy (non-hydrogen) atoms. The molecule has 1 heterocycles. The van der Waals surface area contributed by atoms with Gasteiger partial charge in [-0.3, -0.25) is 9.48 Å². The molecule has 0 saturated heterocycles. The van der Waals surface area contributed by atoms with Crippen molar-refractivity contribution in [3.05, 3.63) is 42.2 Å². The highest BCUT2D eigenvalue weighted by molar-refractivity contribution is 5.99. The molecule has 1 aromatic carbocycles. The zero-order valence-corrected chi connectivity index (χ0v) is 9.84. The van der Waals surface area contributed by atoms with Gasteiger partial charge in [0.2, 0.25) is 0 Å². The van der Waals surface area contributed by atoms with Gasteiger partial charge >= 0.3 is 0 Å². The summed E-state index contributed by atoms with van der Waals surface area (Å²) in [6, 6.07) is 6.82. The zero-order valence-electron chi connectivity index (χ0n) is 9.84. The molecule has 2 aromatic rings. The first-order valence-corrected chi connectivity index (χ1v) is 5.57. The number of primary amides is 1. The number of rotatable bonds is 5. The molecule has 6 nitrogen and oxygen atoms in total. The van der Waals surface area contributed by atoms with Gasteiger partial charge in [-0.05, 0) is 24.3 Å². The Hall–Kier alpha value is -2.50. The number of nitrogens with one attached hydrogen (secondary N) is 1. The van der Waals surface area contributed by atoms with Crippen molar-refractivity contribution in [3.63, 3.8) is 0 Å². The molecular weight excluding hydrogens is 230 g/mol. The second kappa shape index (κ2) is 5.22. The Kier molecular flexibility index (Phi) is 3.47. The molecule has 2 rings (SSSR count). The third-order valence-electron chi connectivity index (χ3n) is 2.52. The van der Waals surface area contributed by atoms with E-state index in [1.54, 1.807) is 29.1 Å². The van der Waals surface area contributed by atoms with Crippen LogP contribution in [0.2, 0.25) is 0 Å². The summed E-state index contributed by atoms with van der Waals surface area (Å²) >= 11 is 0. The van der Waals surface area contributed by atoms with Gasteiger partial charge in [-0.2, -0.15) is 5.10 Å². The maximum atomic E-state index is 11.2. The summed E-state index contributed by atoms with van der Waals surface area (Å²) in [5, 5.41) is 7.21. The fourth-order valence-electron chi connectivity index (χ4n) is 1.66. The normalized spacial score (nSPS) is 10.2. The molecule has 0 bridgehead atoms. The van der Waals surface area contributed by atoms with Crippen LogP contribution < -0.4 is 16.8 Å². The summed E-state index contributed by atoms with van der Waals surface area (Å²) in [7, 11) is 0. The van der Waals surface area contributed by atoms with Crippen molar-refractivity contribution in [3.8, 4) is 0 Å². The van der Waals surface area contributed by atoms with Crippen LogP contribution in [0.25, 0.3) is 0 Å². The van der Waals surface area contributed by atoms with Gasteiger partial charge in [-0.1, -0.05) is 0 Å². The summed E-state index contributed by atoms with van der Waals surface area (Å²) < 4.78 is 1.79. The number of carbonyl (C=O) groups is 1. The topological polar surface area (TPSA) is 99.0 Å². The van der Waals surface area contributed by atoms with E-state index >= 15 is 0 Å². The van der Waals surface area contributed by atoms with E-state index in [-0.39, 0.29) is 0 Å². The van der Waals surface area contributed by atoms with Crippen LogP contribution in [0.4, 0.5) is 11.4 Å². The average molecular weight is 245 g/mol. The highest BCUT2D eigenvalue weighted by Gasteiger charge is 2.07. The second-order valence-electron chi connectivity index (χ2n) is 3.87. The maximum Gasteiger partial charge on any atom is 0.250 e. The van der Waals surface area contributed by atoms with Crippen LogP contribution in [0.3, 0.4) is 0 Å². The molecule has 0 unspecified atom stereocenters. The number of nitrogen functional groups attached to an aromatic ring is 1. The lowest BCUT2D eigenvalue weighted by molar-refractivity contribution is 0.100. The number of nitrogens with two attached hydrogens (primary N) is 2. The van der Waals surface area contributed by atoms with Gasteiger partial charge in [0.25, 0.3) is 5.91 Å². The number of amides is 1. The van der Waals surface area contributed by atoms with Crippen molar-refractivity contribution in [1.29, 1.82) is 0 Å². The SMILES string of the molecule is NC(=O)c1ccc(N)cc1NCCn1cccn1. The molecule has 0 spiro atoms. The van der Waals surface area contributed by atoms with Crippen LogP contribution in [0.5, 0.6) is 0 Å². The highest BCUT2D eigenvalue weighted by atomic mass is 16.1. The summed E-state index contributed by atoms with van der Waals surface area (Å²) in [5.74, 6) is -0.475. The molecule has 6 heteroatoms. The van der Waals surface area contributed by atoms with Gasteiger partial charge < -0.3 is 16.8 Å². The number of anilines is 2. The molecule has 94 valence electrons. The molecule has 0 radical (unpaired) electrons. The first-order valence-electron chi connectivity index (χ1n) is 5.57. The first-order chi connectivity index (χ1) is 8.66. The van der Waals surface area contributed by atoms with Gasteiger partial charge in [-0.15, -0.1) is 0 Å². The lowest BCUT2D eigenvalue weighted by atomic mass is 10.1. The molecule has 1 aromatic heterocycles. The quantitative estimate of drug-likeness (QED) is 0.674. The van der Waals surface area contributed by atoms with Crippen LogP contribution in [0, 0.1) is 0 Å². The number of aromatic nitrogens is 2. The van der Waals surface area contributed by atoms with Crippen molar-refractivity contribution >= 4 is 17.3 Å². The third-order valence-corrected chi connectivity index (χ3v) is 2.52. The Labute approximate surface area is 105 Å². The molecule has 0 aliphatic heterocycles. The Bertz CT molecular complexity index is 535. The summed E-state index contributed by atoms with van der Waals surface area (Å²) in [6.07, 6.45) is 3.59. The molecule has 1 amide bonds. The minimum atomic E-state index is -0.475. The molecule has 0 atom stereocenters. The summed E-state index contributed by atoms with van der Waals surface area (Å²) in [4.78, 5) is 11.2. The summed E-state index contributed by atoms with van der Waals surface area (Å²) in [5.41, 5.74) is 12.6. The van der Waals surface area contributed by atoms with E-state index < -0.39 is 5.91 Å². The van der Waals surface area contributed by atoms with Crippen molar-refractivity contribution in [1.82, 2.24) is 9.78 Å². The first kappa shape index (κ1) is 12.0. The van der Waals surface area contributed by atoms with Crippen LogP contribution in [0.1, 0.15) is 10.4 Å². The van der Waals surface area contributed by atoms with E-state index in [1.165, 1.54) is 0 Å². The number of benzene rings is 1. The maximum absolute atomic E-state index is 11.2. The standard InChI is InChI=1S/C12H15N5O/c13-9-2-3-10(12(14)18)11(8-9)15-5-7-17-6-1-4-16-17/h1-4,6,8,15H,5,7,13H2,(H2,14,18). The van der Waals surface area contributed by atoms with E-state index in [4.69, 9.17) is 11.5 Å². The van der Waals surface area contributed by atoms with Gasteiger partial charge in [0.1, 0.15) is 0 Å². The minimum Gasteiger partial charge on any atom is -0.399 e.